The summed E-state index contributed by atoms with van der Waals surface area (Å²) in [5.74, 6) is 0.486. The van der Waals surface area contributed by atoms with E-state index in [4.69, 9.17) is 0 Å². The van der Waals surface area contributed by atoms with E-state index in [-0.39, 0.29) is 24.2 Å². The molecule has 3 aromatic rings. The Morgan fingerprint density at radius 1 is 0.900 bits per heavy atom. The number of hydrogen-bond donors (Lipinski definition) is 0. The van der Waals surface area contributed by atoms with Gasteiger partial charge in [0.15, 0.2) is 0 Å². The van der Waals surface area contributed by atoms with E-state index in [9.17, 15) is 9.59 Å². The van der Waals surface area contributed by atoms with Gasteiger partial charge >= 0.3 is 0 Å². The molecule has 0 N–H and O–H groups in total. The predicted octanol–water partition coefficient (Wildman–Crippen LogP) is 2.33. The summed E-state index contributed by atoms with van der Waals surface area (Å²) in [6.45, 7) is 3.08. The van der Waals surface area contributed by atoms with E-state index >= 15 is 0 Å². The van der Waals surface area contributed by atoms with Crippen LogP contribution < -0.4 is 9.80 Å². The first-order chi connectivity index (χ1) is 14.7. The number of rotatable bonds is 3. The van der Waals surface area contributed by atoms with Crippen molar-refractivity contribution in [3.63, 3.8) is 0 Å². The highest BCUT2D eigenvalue weighted by Gasteiger charge is 2.38. The molecule has 2 amide bonds. The molecule has 5 rings (SSSR count). The molecule has 0 radical (unpaired) electrons. The molecule has 2 aromatic carbocycles. The molecular formula is C23H23N5O2. The van der Waals surface area contributed by atoms with Crippen LogP contribution in [0.15, 0.2) is 60.9 Å². The van der Waals surface area contributed by atoms with Crippen LogP contribution >= 0.6 is 0 Å². The van der Waals surface area contributed by atoms with Crippen molar-refractivity contribution in [2.24, 2.45) is 5.92 Å². The second-order valence-electron chi connectivity index (χ2n) is 7.76. The summed E-state index contributed by atoms with van der Waals surface area (Å²) in [6.07, 6.45) is 3.72. The van der Waals surface area contributed by atoms with E-state index in [1.807, 2.05) is 47.4 Å². The number of carbonyl (C=O) groups excluding carboxylic acids is 2. The summed E-state index contributed by atoms with van der Waals surface area (Å²) >= 11 is 0. The molecule has 2 fully saturated rings. The Labute approximate surface area is 174 Å². The molecule has 0 unspecified atom stereocenters. The zero-order valence-electron chi connectivity index (χ0n) is 16.6. The largest absolute Gasteiger partial charge is 0.339 e. The fourth-order valence-corrected chi connectivity index (χ4v) is 4.39. The maximum atomic E-state index is 13.1. The molecule has 0 aliphatic carbocycles. The van der Waals surface area contributed by atoms with Crippen LogP contribution in [0, 0.1) is 5.92 Å². The third kappa shape index (κ3) is 3.36. The van der Waals surface area contributed by atoms with Crippen molar-refractivity contribution in [2.45, 2.75) is 6.42 Å². The van der Waals surface area contributed by atoms with Gasteiger partial charge in [0.05, 0.1) is 11.6 Å². The lowest BCUT2D eigenvalue weighted by Crippen LogP contribution is -2.51. The van der Waals surface area contributed by atoms with Crippen LogP contribution in [0.25, 0.3) is 10.8 Å². The van der Waals surface area contributed by atoms with Crippen LogP contribution in [-0.2, 0) is 9.59 Å². The van der Waals surface area contributed by atoms with Gasteiger partial charge in [0.25, 0.3) is 0 Å². The zero-order valence-corrected chi connectivity index (χ0v) is 16.6. The van der Waals surface area contributed by atoms with Crippen molar-refractivity contribution in [3.05, 3.63) is 60.9 Å². The highest BCUT2D eigenvalue weighted by molar-refractivity contribution is 6.07. The Morgan fingerprint density at radius 3 is 2.43 bits per heavy atom. The van der Waals surface area contributed by atoms with Crippen molar-refractivity contribution in [1.29, 1.82) is 0 Å². The Hall–Kier alpha value is -3.48. The van der Waals surface area contributed by atoms with Gasteiger partial charge in [-0.3, -0.25) is 9.59 Å². The number of carbonyl (C=O) groups is 2. The minimum Gasteiger partial charge on any atom is -0.339 e. The SMILES string of the molecule is O=C([C@H]1CC(=O)N(c2cccc3ccccc23)C1)N1CCN(c2ncccn2)CC1. The van der Waals surface area contributed by atoms with Crippen LogP contribution in [0.5, 0.6) is 0 Å². The number of amides is 2. The average molecular weight is 401 g/mol. The maximum Gasteiger partial charge on any atom is 0.228 e. The lowest BCUT2D eigenvalue weighted by Gasteiger charge is -2.35. The quantitative estimate of drug-likeness (QED) is 0.674. The number of benzene rings is 2. The smallest absolute Gasteiger partial charge is 0.228 e. The molecular weight excluding hydrogens is 378 g/mol. The minimum atomic E-state index is -0.295. The van der Waals surface area contributed by atoms with E-state index in [2.05, 4.69) is 14.9 Å². The van der Waals surface area contributed by atoms with Gasteiger partial charge in [-0.2, -0.15) is 0 Å². The predicted molar refractivity (Wildman–Crippen MR) is 115 cm³/mol. The lowest BCUT2D eigenvalue weighted by atomic mass is 10.1. The average Bonchev–Trinajstić information content (AvgIpc) is 3.20. The Balaban J connectivity index is 1.27. The summed E-state index contributed by atoms with van der Waals surface area (Å²) in [7, 11) is 0. The molecule has 2 aliphatic rings. The Bertz CT molecular complexity index is 1070. The number of aromatic nitrogens is 2. The van der Waals surface area contributed by atoms with E-state index in [0.29, 0.717) is 38.7 Å². The van der Waals surface area contributed by atoms with Crippen LogP contribution in [0.3, 0.4) is 0 Å². The third-order valence-electron chi connectivity index (χ3n) is 5.96. The fraction of sp³-hybridized carbons (Fsp3) is 0.304. The summed E-state index contributed by atoms with van der Waals surface area (Å²) < 4.78 is 0. The summed E-state index contributed by atoms with van der Waals surface area (Å²) in [4.78, 5) is 40.2. The molecule has 30 heavy (non-hydrogen) atoms. The zero-order chi connectivity index (χ0) is 20.5. The van der Waals surface area contributed by atoms with Gasteiger partial charge in [-0.15, -0.1) is 0 Å². The van der Waals surface area contributed by atoms with Crippen molar-refractivity contribution >= 4 is 34.2 Å². The molecule has 2 aliphatic heterocycles. The molecule has 0 spiro atoms. The highest BCUT2D eigenvalue weighted by Crippen LogP contribution is 2.32. The molecule has 7 nitrogen and oxygen atoms in total. The normalized spacial score (nSPS) is 19.5. The van der Waals surface area contributed by atoms with Crippen LogP contribution in [0.2, 0.25) is 0 Å². The Kier molecular flexibility index (Phi) is 4.78. The molecule has 152 valence electrons. The van der Waals surface area contributed by atoms with E-state index < -0.39 is 0 Å². The second-order valence-corrected chi connectivity index (χ2v) is 7.76. The van der Waals surface area contributed by atoms with E-state index in [0.717, 1.165) is 16.5 Å². The van der Waals surface area contributed by atoms with Gasteiger partial charge in [0.1, 0.15) is 0 Å². The van der Waals surface area contributed by atoms with Gasteiger partial charge in [0.2, 0.25) is 17.8 Å². The molecule has 0 saturated carbocycles. The first-order valence-corrected chi connectivity index (χ1v) is 10.3. The number of anilines is 2. The summed E-state index contributed by atoms with van der Waals surface area (Å²) in [6, 6.07) is 15.8. The lowest BCUT2D eigenvalue weighted by molar-refractivity contribution is -0.136. The highest BCUT2D eigenvalue weighted by atomic mass is 16.2. The van der Waals surface area contributed by atoms with Crippen molar-refractivity contribution in [3.8, 4) is 0 Å². The standard InChI is InChI=1S/C23H23N5O2/c29-21-15-18(16-28(21)20-8-3-6-17-5-1-2-7-19(17)20)22(30)26-11-13-27(14-12-26)23-24-9-4-10-25-23/h1-10,18H,11-16H2/t18-/m0/s1. The van der Waals surface area contributed by atoms with Gasteiger partial charge in [-0.25, -0.2) is 9.97 Å². The van der Waals surface area contributed by atoms with Gasteiger partial charge in [-0.1, -0.05) is 36.4 Å². The van der Waals surface area contributed by atoms with Crippen molar-refractivity contribution in [1.82, 2.24) is 14.9 Å². The van der Waals surface area contributed by atoms with Crippen molar-refractivity contribution in [2.75, 3.05) is 42.5 Å². The minimum absolute atomic E-state index is 0.0148. The molecule has 1 atom stereocenters. The number of piperazine rings is 1. The van der Waals surface area contributed by atoms with Gasteiger partial charge < -0.3 is 14.7 Å². The first-order valence-electron chi connectivity index (χ1n) is 10.3. The fourth-order valence-electron chi connectivity index (χ4n) is 4.39. The second kappa shape index (κ2) is 7.74. The van der Waals surface area contributed by atoms with Crippen LogP contribution in [-0.4, -0.2) is 59.4 Å². The van der Waals surface area contributed by atoms with Crippen LogP contribution in [0.4, 0.5) is 11.6 Å². The monoisotopic (exact) mass is 401 g/mol. The van der Waals surface area contributed by atoms with Crippen LogP contribution in [0.1, 0.15) is 6.42 Å². The first kappa shape index (κ1) is 18.5. The maximum absolute atomic E-state index is 13.1. The number of hydrogen-bond acceptors (Lipinski definition) is 5. The topological polar surface area (TPSA) is 69.6 Å². The molecule has 7 heteroatoms. The van der Waals surface area contributed by atoms with E-state index in [1.54, 1.807) is 23.4 Å². The van der Waals surface area contributed by atoms with E-state index in [1.165, 1.54) is 0 Å². The molecule has 2 saturated heterocycles. The summed E-state index contributed by atoms with van der Waals surface area (Å²) in [5, 5.41) is 2.13. The molecule has 0 bridgehead atoms. The number of fused-ring (bicyclic) bond motifs is 1. The summed E-state index contributed by atoms with van der Waals surface area (Å²) in [5.41, 5.74) is 0.888. The Morgan fingerprint density at radius 2 is 1.63 bits per heavy atom. The third-order valence-corrected chi connectivity index (χ3v) is 5.96. The van der Waals surface area contributed by atoms with Gasteiger partial charge in [0, 0.05) is 56.9 Å². The molecule has 1 aromatic heterocycles. The van der Waals surface area contributed by atoms with Gasteiger partial charge in [-0.05, 0) is 17.5 Å². The molecule has 3 heterocycles. The van der Waals surface area contributed by atoms with Crippen molar-refractivity contribution < 1.29 is 9.59 Å². The number of nitrogens with zero attached hydrogens (tertiary/aromatic N) is 5.